The molecule has 4 nitrogen and oxygen atoms in total. The average Bonchev–Trinajstić information content (AvgIpc) is 2.28. The number of fused-ring (bicyclic) bond motifs is 1. The van der Waals surface area contributed by atoms with Crippen molar-refractivity contribution >= 4 is 15.9 Å². The number of rotatable bonds is 0. The third-order valence-corrected chi connectivity index (χ3v) is 2.72. The Labute approximate surface area is 78.3 Å². The summed E-state index contributed by atoms with van der Waals surface area (Å²) < 4.78 is 7.85. The maximum Gasteiger partial charge on any atom is 0.226 e. The fourth-order valence-corrected chi connectivity index (χ4v) is 1.63. The van der Waals surface area contributed by atoms with Crippen LogP contribution in [0.5, 0.6) is 5.88 Å². The van der Waals surface area contributed by atoms with Crippen molar-refractivity contribution in [1.29, 1.82) is 0 Å². The zero-order valence-electron chi connectivity index (χ0n) is 6.62. The smallest absolute Gasteiger partial charge is 0.226 e. The lowest BCUT2D eigenvalue weighted by molar-refractivity contribution is 0.0552. The molecule has 0 spiro atoms. The highest BCUT2D eigenvalue weighted by atomic mass is 79.9. The summed E-state index contributed by atoms with van der Waals surface area (Å²) in [5, 5.41) is 13.4. The van der Waals surface area contributed by atoms with Gasteiger partial charge in [-0.25, -0.2) is 4.68 Å². The van der Waals surface area contributed by atoms with Crippen molar-refractivity contribution in [3.05, 3.63) is 10.2 Å². The van der Waals surface area contributed by atoms with E-state index in [1.165, 1.54) is 0 Å². The molecule has 1 atom stereocenters. The fourth-order valence-electron chi connectivity index (χ4n) is 1.23. The van der Waals surface area contributed by atoms with Gasteiger partial charge >= 0.3 is 0 Å². The van der Waals surface area contributed by atoms with Crippen molar-refractivity contribution in [2.24, 2.45) is 0 Å². The molecule has 0 saturated heterocycles. The third-order valence-electron chi connectivity index (χ3n) is 1.81. The summed E-state index contributed by atoms with van der Waals surface area (Å²) in [4.78, 5) is 0. The molecule has 2 rings (SSSR count). The number of halogens is 1. The molecule has 0 bridgehead atoms. The Balaban J connectivity index is 2.43. The van der Waals surface area contributed by atoms with Gasteiger partial charge in [0.15, 0.2) is 0 Å². The van der Waals surface area contributed by atoms with Crippen LogP contribution >= 0.6 is 15.9 Å². The maximum absolute atomic E-state index is 9.25. The molecule has 1 unspecified atom stereocenters. The third kappa shape index (κ3) is 1.13. The lowest BCUT2D eigenvalue weighted by atomic mass is 10.3. The van der Waals surface area contributed by atoms with Crippen molar-refractivity contribution < 1.29 is 9.84 Å². The molecule has 0 radical (unpaired) electrons. The van der Waals surface area contributed by atoms with Crippen LogP contribution in [-0.2, 0) is 6.54 Å². The Morgan fingerprint density at radius 2 is 2.50 bits per heavy atom. The Kier molecular flexibility index (Phi) is 1.84. The van der Waals surface area contributed by atoms with Gasteiger partial charge in [-0.05, 0) is 22.9 Å². The second-order valence-electron chi connectivity index (χ2n) is 2.85. The largest absolute Gasteiger partial charge is 0.474 e. The maximum atomic E-state index is 9.25. The van der Waals surface area contributed by atoms with Gasteiger partial charge in [-0.1, -0.05) is 0 Å². The lowest BCUT2D eigenvalue weighted by Gasteiger charge is -2.19. The topological polar surface area (TPSA) is 47.3 Å². The first-order chi connectivity index (χ1) is 5.68. The van der Waals surface area contributed by atoms with Crippen molar-refractivity contribution in [3.8, 4) is 5.88 Å². The van der Waals surface area contributed by atoms with E-state index < -0.39 is 6.10 Å². The predicted octanol–water partition coefficient (Wildman–Crippen LogP) is 0.707. The molecule has 0 aliphatic carbocycles. The molecular weight excluding hydrogens is 224 g/mol. The molecule has 0 fully saturated rings. The van der Waals surface area contributed by atoms with E-state index in [1.54, 1.807) is 4.68 Å². The van der Waals surface area contributed by atoms with E-state index in [4.69, 9.17) is 4.74 Å². The van der Waals surface area contributed by atoms with Crippen LogP contribution in [0, 0.1) is 6.92 Å². The standard InChI is InChI=1S/C7H9BrN2O2/c1-4-6(8)7-10(9-4)2-5(11)3-12-7/h5,11H,2-3H2,1H3. The predicted molar refractivity (Wildman–Crippen MR) is 46.2 cm³/mol. The van der Waals surface area contributed by atoms with Gasteiger partial charge in [0, 0.05) is 0 Å². The van der Waals surface area contributed by atoms with E-state index in [0.717, 1.165) is 16.0 Å². The Morgan fingerprint density at radius 3 is 3.25 bits per heavy atom. The minimum Gasteiger partial charge on any atom is -0.474 e. The molecule has 1 aliphatic heterocycles. The number of aliphatic hydroxyl groups is 1. The zero-order valence-corrected chi connectivity index (χ0v) is 8.21. The van der Waals surface area contributed by atoms with Crippen LogP contribution in [0.3, 0.4) is 0 Å². The molecule has 1 N–H and O–H groups in total. The van der Waals surface area contributed by atoms with Crippen LogP contribution in [0.25, 0.3) is 0 Å². The van der Waals surface area contributed by atoms with Crippen LogP contribution in [0.1, 0.15) is 5.69 Å². The number of aliphatic hydroxyl groups excluding tert-OH is 1. The Bertz CT molecular complexity index is 311. The average molecular weight is 233 g/mol. The molecular formula is C7H9BrN2O2. The molecule has 0 saturated carbocycles. The molecule has 66 valence electrons. The molecule has 0 aromatic carbocycles. The van der Waals surface area contributed by atoms with Gasteiger partial charge in [-0.3, -0.25) is 0 Å². The molecule has 2 heterocycles. The summed E-state index contributed by atoms with van der Waals surface area (Å²) in [7, 11) is 0. The molecule has 1 aliphatic rings. The minimum absolute atomic E-state index is 0.351. The van der Waals surface area contributed by atoms with Gasteiger partial charge < -0.3 is 9.84 Å². The van der Waals surface area contributed by atoms with Crippen LogP contribution in [-0.4, -0.2) is 27.6 Å². The van der Waals surface area contributed by atoms with Gasteiger partial charge in [0.05, 0.1) is 12.2 Å². The minimum atomic E-state index is -0.441. The van der Waals surface area contributed by atoms with E-state index in [2.05, 4.69) is 21.0 Å². The number of aromatic nitrogens is 2. The second kappa shape index (κ2) is 2.74. The fraction of sp³-hybridized carbons (Fsp3) is 0.571. The molecule has 1 aromatic rings. The first-order valence-electron chi connectivity index (χ1n) is 3.72. The van der Waals surface area contributed by atoms with E-state index in [1.807, 2.05) is 6.92 Å². The molecule has 0 amide bonds. The van der Waals surface area contributed by atoms with Crippen LogP contribution in [0.15, 0.2) is 4.47 Å². The van der Waals surface area contributed by atoms with E-state index >= 15 is 0 Å². The Morgan fingerprint density at radius 1 is 1.75 bits per heavy atom. The molecule has 1 aromatic heterocycles. The summed E-state index contributed by atoms with van der Waals surface area (Å²) in [6.45, 7) is 2.76. The SMILES string of the molecule is Cc1nn2c(c1Br)OCC(O)C2. The summed E-state index contributed by atoms with van der Waals surface area (Å²) in [5.74, 6) is 0.720. The van der Waals surface area contributed by atoms with Gasteiger partial charge in [-0.2, -0.15) is 5.10 Å². The Hall–Kier alpha value is -0.550. The second-order valence-corrected chi connectivity index (χ2v) is 3.64. The monoisotopic (exact) mass is 232 g/mol. The summed E-state index contributed by atoms with van der Waals surface area (Å²) >= 11 is 3.37. The van der Waals surface area contributed by atoms with Gasteiger partial charge in [0.2, 0.25) is 5.88 Å². The van der Waals surface area contributed by atoms with E-state index in [-0.39, 0.29) is 0 Å². The van der Waals surface area contributed by atoms with E-state index in [9.17, 15) is 5.11 Å². The molecule has 5 heteroatoms. The number of hydrogen-bond donors (Lipinski definition) is 1. The summed E-state index contributed by atoms with van der Waals surface area (Å²) in [5.41, 5.74) is 0.888. The highest BCUT2D eigenvalue weighted by Gasteiger charge is 2.22. The lowest BCUT2D eigenvalue weighted by Crippen LogP contribution is -2.30. The highest BCUT2D eigenvalue weighted by molar-refractivity contribution is 9.10. The van der Waals surface area contributed by atoms with Crippen molar-refractivity contribution in [2.75, 3.05) is 6.61 Å². The van der Waals surface area contributed by atoms with Crippen molar-refractivity contribution in [2.45, 2.75) is 19.6 Å². The van der Waals surface area contributed by atoms with Gasteiger partial charge in [-0.15, -0.1) is 0 Å². The van der Waals surface area contributed by atoms with Crippen LogP contribution in [0.4, 0.5) is 0 Å². The normalized spacial score (nSPS) is 21.8. The first kappa shape index (κ1) is 8.07. The molecule has 12 heavy (non-hydrogen) atoms. The number of aryl methyl sites for hydroxylation is 1. The number of hydrogen-bond acceptors (Lipinski definition) is 3. The first-order valence-corrected chi connectivity index (χ1v) is 4.51. The highest BCUT2D eigenvalue weighted by Crippen LogP contribution is 2.30. The van der Waals surface area contributed by atoms with E-state index in [0.29, 0.717) is 13.2 Å². The number of ether oxygens (including phenoxy) is 1. The van der Waals surface area contributed by atoms with Crippen molar-refractivity contribution in [3.63, 3.8) is 0 Å². The van der Waals surface area contributed by atoms with Gasteiger partial charge in [0.1, 0.15) is 17.2 Å². The number of nitrogens with zero attached hydrogens (tertiary/aromatic N) is 2. The van der Waals surface area contributed by atoms with Crippen LogP contribution < -0.4 is 4.74 Å². The quantitative estimate of drug-likeness (QED) is 0.717. The summed E-state index contributed by atoms with van der Waals surface area (Å²) in [6.07, 6.45) is -0.441. The van der Waals surface area contributed by atoms with Crippen molar-refractivity contribution in [1.82, 2.24) is 9.78 Å². The van der Waals surface area contributed by atoms with Crippen LogP contribution in [0.2, 0.25) is 0 Å². The summed E-state index contributed by atoms with van der Waals surface area (Å²) in [6, 6.07) is 0. The van der Waals surface area contributed by atoms with Gasteiger partial charge in [0.25, 0.3) is 0 Å². The zero-order chi connectivity index (χ0) is 8.72.